The normalized spacial score (nSPS) is 10.5. The van der Waals surface area contributed by atoms with E-state index in [4.69, 9.17) is 18.9 Å². The first-order valence-corrected chi connectivity index (χ1v) is 8.81. The Balaban J connectivity index is 2.13. The monoisotopic (exact) mass is 371 g/mol. The number of ether oxygens (including phenoxy) is 4. The van der Waals surface area contributed by atoms with Crippen LogP contribution in [0.5, 0.6) is 23.0 Å². The van der Waals surface area contributed by atoms with Gasteiger partial charge < -0.3 is 18.9 Å². The number of rotatable bonds is 6. The number of hydrogen-bond donors (Lipinski definition) is 0. The van der Waals surface area contributed by atoms with Crippen LogP contribution in [-0.4, -0.2) is 32.8 Å². The molecule has 2 aromatic carbocycles. The van der Waals surface area contributed by atoms with Crippen molar-refractivity contribution in [2.45, 2.75) is 6.92 Å². The molecule has 0 N–H and O–H groups in total. The maximum absolute atomic E-state index is 5.60. The molecular weight excluding hydrogens is 350 g/mol. The summed E-state index contributed by atoms with van der Waals surface area (Å²) in [6, 6.07) is 12.3. The smallest absolute Gasteiger partial charge is 0.207 e. The van der Waals surface area contributed by atoms with Gasteiger partial charge in [-0.25, -0.2) is 0 Å². The zero-order chi connectivity index (χ0) is 18.7. The van der Waals surface area contributed by atoms with Crippen molar-refractivity contribution in [3.05, 3.63) is 42.0 Å². The first kappa shape index (κ1) is 18.1. The van der Waals surface area contributed by atoms with Gasteiger partial charge in [-0.2, -0.15) is 4.37 Å². The second-order valence-corrected chi connectivity index (χ2v) is 6.47. The molecule has 0 atom stereocenters. The third-order valence-electron chi connectivity index (χ3n) is 4.11. The van der Waals surface area contributed by atoms with Crippen LogP contribution in [0.25, 0.3) is 21.7 Å². The first-order chi connectivity index (χ1) is 12.6. The van der Waals surface area contributed by atoms with Crippen molar-refractivity contribution in [3.63, 3.8) is 0 Å². The molecule has 0 aliphatic rings. The van der Waals surface area contributed by atoms with Gasteiger partial charge in [-0.1, -0.05) is 29.8 Å². The van der Waals surface area contributed by atoms with E-state index in [0.29, 0.717) is 23.0 Å². The molecular formula is C20H21NO4S. The Morgan fingerprint density at radius 1 is 0.769 bits per heavy atom. The lowest BCUT2D eigenvalue weighted by Crippen LogP contribution is -1.99. The summed E-state index contributed by atoms with van der Waals surface area (Å²) in [5.41, 5.74) is 3.94. The van der Waals surface area contributed by atoms with Crippen molar-refractivity contribution < 1.29 is 18.9 Å². The zero-order valence-electron chi connectivity index (χ0n) is 15.5. The minimum absolute atomic E-state index is 0.481. The largest absolute Gasteiger partial charge is 0.493 e. The lowest BCUT2D eigenvalue weighted by atomic mass is 10.1. The van der Waals surface area contributed by atoms with Gasteiger partial charge in [0.1, 0.15) is 0 Å². The molecule has 0 saturated heterocycles. The zero-order valence-corrected chi connectivity index (χ0v) is 16.3. The lowest BCUT2D eigenvalue weighted by molar-refractivity contribution is 0.306. The van der Waals surface area contributed by atoms with Gasteiger partial charge in [0.05, 0.1) is 44.6 Å². The van der Waals surface area contributed by atoms with Crippen LogP contribution >= 0.6 is 11.5 Å². The number of benzene rings is 2. The quantitative estimate of drug-likeness (QED) is 0.622. The van der Waals surface area contributed by atoms with Gasteiger partial charge in [-0.05, 0) is 36.2 Å². The summed E-state index contributed by atoms with van der Waals surface area (Å²) >= 11 is 1.44. The lowest BCUT2D eigenvalue weighted by Gasteiger charge is -2.17. The second kappa shape index (κ2) is 7.66. The fraction of sp³-hybridized carbons (Fsp3) is 0.250. The van der Waals surface area contributed by atoms with Gasteiger partial charge in [0.25, 0.3) is 0 Å². The van der Waals surface area contributed by atoms with Gasteiger partial charge in [-0.3, -0.25) is 0 Å². The standard InChI is InChI=1S/C20H21NO4S/c1-12-6-8-13(9-7-12)17-11-15(21-26-17)14-10-16(22-2)19(24-4)20(25-5)18(14)23-3/h6-11H,1-5H3. The van der Waals surface area contributed by atoms with Crippen LogP contribution in [0.3, 0.4) is 0 Å². The predicted octanol–water partition coefficient (Wildman–Crippen LogP) is 4.82. The van der Waals surface area contributed by atoms with E-state index in [0.717, 1.165) is 21.7 Å². The highest BCUT2D eigenvalue weighted by Gasteiger charge is 2.23. The van der Waals surface area contributed by atoms with Crippen molar-refractivity contribution in [2.75, 3.05) is 28.4 Å². The van der Waals surface area contributed by atoms with Crippen molar-refractivity contribution in [2.24, 2.45) is 0 Å². The van der Waals surface area contributed by atoms with Gasteiger partial charge >= 0.3 is 0 Å². The van der Waals surface area contributed by atoms with Crippen LogP contribution in [0.1, 0.15) is 5.56 Å². The van der Waals surface area contributed by atoms with Gasteiger partial charge in [0.2, 0.25) is 11.5 Å². The molecule has 5 nitrogen and oxygen atoms in total. The molecule has 0 fully saturated rings. The molecule has 0 radical (unpaired) electrons. The molecule has 0 saturated carbocycles. The highest BCUT2D eigenvalue weighted by Crippen LogP contribution is 2.50. The summed E-state index contributed by atoms with van der Waals surface area (Å²) in [6.45, 7) is 2.07. The first-order valence-electron chi connectivity index (χ1n) is 8.04. The molecule has 0 amide bonds. The van der Waals surface area contributed by atoms with Gasteiger partial charge in [-0.15, -0.1) is 0 Å². The third kappa shape index (κ3) is 3.20. The molecule has 0 bridgehead atoms. The molecule has 3 aromatic rings. The van der Waals surface area contributed by atoms with Crippen LogP contribution < -0.4 is 18.9 Å². The third-order valence-corrected chi connectivity index (χ3v) is 4.95. The Kier molecular flexibility index (Phi) is 5.32. The fourth-order valence-corrected chi connectivity index (χ4v) is 3.53. The summed E-state index contributed by atoms with van der Waals surface area (Å²) in [4.78, 5) is 1.08. The van der Waals surface area contributed by atoms with Crippen molar-refractivity contribution >= 4 is 11.5 Å². The molecule has 26 heavy (non-hydrogen) atoms. The molecule has 3 rings (SSSR count). The Bertz CT molecular complexity index is 903. The Morgan fingerprint density at radius 3 is 2.00 bits per heavy atom. The summed E-state index contributed by atoms with van der Waals surface area (Å²) in [5, 5.41) is 0. The number of aryl methyl sites for hydroxylation is 1. The average molecular weight is 371 g/mol. The second-order valence-electron chi connectivity index (χ2n) is 5.67. The van der Waals surface area contributed by atoms with Crippen molar-refractivity contribution in [3.8, 4) is 44.7 Å². The SMILES string of the molecule is COc1cc(-c2cc(-c3ccc(C)cc3)sn2)c(OC)c(OC)c1OC. The van der Waals surface area contributed by atoms with E-state index in [1.54, 1.807) is 28.4 Å². The van der Waals surface area contributed by atoms with E-state index >= 15 is 0 Å². The van der Waals surface area contributed by atoms with Crippen molar-refractivity contribution in [1.82, 2.24) is 4.37 Å². The molecule has 0 unspecified atom stereocenters. The predicted molar refractivity (Wildman–Crippen MR) is 104 cm³/mol. The average Bonchev–Trinajstić information content (AvgIpc) is 3.16. The molecule has 0 spiro atoms. The Hall–Kier alpha value is -2.73. The van der Waals surface area contributed by atoms with E-state index < -0.39 is 0 Å². The van der Waals surface area contributed by atoms with E-state index in [9.17, 15) is 0 Å². The topological polar surface area (TPSA) is 49.8 Å². The summed E-state index contributed by atoms with van der Waals surface area (Å²) < 4.78 is 26.6. The maximum atomic E-state index is 5.60. The van der Waals surface area contributed by atoms with Crippen LogP contribution in [0, 0.1) is 6.92 Å². The minimum atomic E-state index is 0.481. The van der Waals surface area contributed by atoms with Crippen molar-refractivity contribution in [1.29, 1.82) is 0 Å². The summed E-state index contributed by atoms with van der Waals surface area (Å²) in [6.07, 6.45) is 0. The number of hydrogen-bond acceptors (Lipinski definition) is 6. The van der Waals surface area contributed by atoms with Crippen LogP contribution in [0.4, 0.5) is 0 Å². The number of nitrogens with zero attached hydrogens (tertiary/aromatic N) is 1. The maximum Gasteiger partial charge on any atom is 0.207 e. The highest BCUT2D eigenvalue weighted by molar-refractivity contribution is 7.09. The van der Waals surface area contributed by atoms with E-state index in [2.05, 4.69) is 35.6 Å². The molecule has 136 valence electrons. The van der Waals surface area contributed by atoms with E-state index in [-0.39, 0.29) is 0 Å². The highest BCUT2D eigenvalue weighted by atomic mass is 32.1. The van der Waals surface area contributed by atoms with Gasteiger partial charge in [0.15, 0.2) is 11.5 Å². The van der Waals surface area contributed by atoms with Gasteiger partial charge in [0, 0.05) is 0 Å². The van der Waals surface area contributed by atoms with E-state index in [1.165, 1.54) is 17.1 Å². The molecule has 0 aliphatic carbocycles. The summed E-state index contributed by atoms with van der Waals surface area (Å²) in [5.74, 6) is 2.09. The molecule has 1 heterocycles. The van der Waals surface area contributed by atoms with E-state index in [1.807, 2.05) is 12.1 Å². The summed E-state index contributed by atoms with van der Waals surface area (Å²) in [7, 11) is 6.33. The fourth-order valence-electron chi connectivity index (χ4n) is 2.78. The Morgan fingerprint density at radius 2 is 1.42 bits per heavy atom. The number of methoxy groups -OCH3 is 4. The Labute approximate surface area is 157 Å². The number of aromatic nitrogens is 1. The van der Waals surface area contributed by atoms with Crippen LogP contribution in [-0.2, 0) is 0 Å². The minimum Gasteiger partial charge on any atom is -0.493 e. The van der Waals surface area contributed by atoms with Crippen LogP contribution in [0.2, 0.25) is 0 Å². The van der Waals surface area contributed by atoms with Crippen LogP contribution in [0.15, 0.2) is 36.4 Å². The molecule has 0 aliphatic heterocycles. The molecule has 1 aromatic heterocycles. The molecule has 6 heteroatoms.